The van der Waals surface area contributed by atoms with Crippen LogP contribution in [0.25, 0.3) is 0 Å². The number of thiophene rings is 1. The Morgan fingerprint density at radius 3 is 2.88 bits per heavy atom. The molecule has 0 amide bonds. The van der Waals surface area contributed by atoms with Gasteiger partial charge in [-0.2, -0.15) is 0 Å². The fraction of sp³-hybridized carbons (Fsp3) is 0.545. The number of carbonyl (C=O) groups is 1. The second-order valence-electron chi connectivity index (χ2n) is 3.98. The Balaban J connectivity index is 2.30. The topological polar surface area (TPSA) is 40.5 Å². The van der Waals surface area contributed by atoms with Gasteiger partial charge in [-0.15, -0.1) is 11.3 Å². The molecule has 0 saturated carbocycles. The number of nitrogens with zero attached hydrogens (tertiary/aromatic N) is 1. The van der Waals surface area contributed by atoms with Gasteiger partial charge in [-0.05, 0) is 35.5 Å². The van der Waals surface area contributed by atoms with E-state index < -0.39 is 5.97 Å². The largest absolute Gasteiger partial charge is 0.481 e. The summed E-state index contributed by atoms with van der Waals surface area (Å²) in [6.45, 7) is 3.23. The first-order valence-electron chi connectivity index (χ1n) is 5.13. The maximum atomic E-state index is 10.7. The van der Waals surface area contributed by atoms with E-state index in [9.17, 15) is 4.79 Å². The molecule has 1 unspecified atom stereocenters. The highest BCUT2D eigenvalue weighted by molar-refractivity contribution is 9.10. The van der Waals surface area contributed by atoms with Crippen LogP contribution in [0.2, 0.25) is 0 Å². The highest BCUT2D eigenvalue weighted by Crippen LogP contribution is 2.20. The van der Waals surface area contributed by atoms with Crippen molar-refractivity contribution < 1.29 is 9.90 Å². The molecule has 90 valence electrons. The molecule has 5 heteroatoms. The van der Waals surface area contributed by atoms with Crippen LogP contribution >= 0.6 is 27.3 Å². The Labute approximate surface area is 108 Å². The molecule has 0 spiro atoms. The van der Waals surface area contributed by atoms with Crippen LogP contribution in [0.4, 0.5) is 0 Å². The lowest BCUT2D eigenvalue weighted by Crippen LogP contribution is -2.30. The van der Waals surface area contributed by atoms with Crippen LogP contribution in [0, 0.1) is 5.92 Å². The third kappa shape index (κ3) is 4.63. The highest BCUT2D eigenvalue weighted by Gasteiger charge is 2.13. The standard InChI is InChI=1S/C11H16BrNO2S/c1-8(11(14)15)6-13(2)4-3-10-5-9(12)7-16-10/h5,7-8H,3-4,6H2,1-2H3,(H,14,15). The van der Waals surface area contributed by atoms with Gasteiger partial charge in [0, 0.05) is 27.8 Å². The first kappa shape index (κ1) is 13.7. The predicted octanol–water partition coefficient (Wildman–Crippen LogP) is 2.71. The van der Waals surface area contributed by atoms with Gasteiger partial charge in [0.1, 0.15) is 0 Å². The van der Waals surface area contributed by atoms with Crippen molar-refractivity contribution in [1.82, 2.24) is 4.90 Å². The van der Waals surface area contributed by atoms with E-state index in [0.29, 0.717) is 6.54 Å². The van der Waals surface area contributed by atoms with Gasteiger partial charge in [0.15, 0.2) is 0 Å². The molecular weight excluding hydrogens is 290 g/mol. The van der Waals surface area contributed by atoms with Crippen molar-refractivity contribution >= 4 is 33.2 Å². The van der Waals surface area contributed by atoms with E-state index in [-0.39, 0.29) is 5.92 Å². The molecule has 1 aromatic rings. The van der Waals surface area contributed by atoms with E-state index in [1.54, 1.807) is 18.3 Å². The van der Waals surface area contributed by atoms with Gasteiger partial charge >= 0.3 is 5.97 Å². The molecular formula is C11H16BrNO2S. The molecule has 0 fully saturated rings. The van der Waals surface area contributed by atoms with Crippen molar-refractivity contribution in [1.29, 1.82) is 0 Å². The van der Waals surface area contributed by atoms with E-state index in [0.717, 1.165) is 17.4 Å². The Hall–Kier alpha value is -0.390. The van der Waals surface area contributed by atoms with Crippen molar-refractivity contribution in [3.63, 3.8) is 0 Å². The monoisotopic (exact) mass is 305 g/mol. The first-order valence-corrected chi connectivity index (χ1v) is 6.80. The molecule has 0 aromatic carbocycles. The SMILES string of the molecule is CC(CN(C)CCc1cc(Br)cs1)C(=O)O. The van der Waals surface area contributed by atoms with Gasteiger partial charge in [0.05, 0.1) is 5.92 Å². The first-order chi connectivity index (χ1) is 7.49. The van der Waals surface area contributed by atoms with Crippen LogP contribution < -0.4 is 0 Å². The quantitative estimate of drug-likeness (QED) is 0.878. The van der Waals surface area contributed by atoms with Crippen LogP contribution in [-0.4, -0.2) is 36.1 Å². The summed E-state index contributed by atoms with van der Waals surface area (Å²) in [6, 6.07) is 2.11. The Bertz CT molecular complexity index is 354. The number of carboxylic acid groups (broad SMARTS) is 1. The van der Waals surface area contributed by atoms with Crippen LogP contribution in [0.15, 0.2) is 15.9 Å². The van der Waals surface area contributed by atoms with Crippen molar-refractivity contribution in [2.24, 2.45) is 5.92 Å². The molecule has 1 heterocycles. The zero-order valence-electron chi connectivity index (χ0n) is 9.44. The summed E-state index contributed by atoms with van der Waals surface area (Å²) in [5.74, 6) is -1.04. The number of aliphatic carboxylic acids is 1. The predicted molar refractivity (Wildman–Crippen MR) is 70.0 cm³/mol. The summed E-state index contributed by atoms with van der Waals surface area (Å²) in [4.78, 5) is 14.1. The maximum absolute atomic E-state index is 10.7. The molecule has 0 aliphatic carbocycles. The lowest BCUT2D eigenvalue weighted by molar-refractivity contribution is -0.141. The van der Waals surface area contributed by atoms with Crippen molar-refractivity contribution in [3.8, 4) is 0 Å². The molecule has 1 aromatic heterocycles. The number of hydrogen-bond acceptors (Lipinski definition) is 3. The lowest BCUT2D eigenvalue weighted by Gasteiger charge is -2.18. The summed E-state index contributed by atoms with van der Waals surface area (Å²) in [6.07, 6.45) is 0.971. The van der Waals surface area contributed by atoms with Crippen molar-refractivity contribution in [2.75, 3.05) is 20.1 Å². The van der Waals surface area contributed by atoms with E-state index in [1.807, 2.05) is 7.05 Å². The highest BCUT2D eigenvalue weighted by atomic mass is 79.9. The third-order valence-corrected chi connectivity index (χ3v) is 4.13. The van der Waals surface area contributed by atoms with Crippen molar-refractivity contribution in [3.05, 3.63) is 20.8 Å². The van der Waals surface area contributed by atoms with E-state index in [2.05, 4.69) is 32.3 Å². The normalized spacial score (nSPS) is 13.0. The van der Waals surface area contributed by atoms with Gasteiger partial charge in [-0.25, -0.2) is 0 Å². The number of likely N-dealkylation sites (N-methyl/N-ethyl adjacent to an activating group) is 1. The van der Waals surface area contributed by atoms with E-state index in [4.69, 9.17) is 5.11 Å². The zero-order chi connectivity index (χ0) is 12.1. The molecule has 0 aliphatic heterocycles. The lowest BCUT2D eigenvalue weighted by atomic mass is 10.2. The van der Waals surface area contributed by atoms with Gasteiger partial charge in [0.25, 0.3) is 0 Å². The number of carboxylic acids is 1. The maximum Gasteiger partial charge on any atom is 0.307 e. The molecule has 1 atom stereocenters. The summed E-state index contributed by atoms with van der Waals surface area (Å²) >= 11 is 5.14. The van der Waals surface area contributed by atoms with Crippen LogP contribution in [0.1, 0.15) is 11.8 Å². The van der Waals surface area contributed by atoms with Crippen LogP contribution in [0.5, 0.6) is 0 Å². The summed E-state index contributed by atoms with van der Waals surface area (Å²) in [5.41, 5.74) is 0. The van der Waals surface area contributed by atoms with E-state index in [1.165, 1.54) is 4.88 Å². The molecule has 0 bridgehead atoms. The fourth-order valence-electron chi connectivity index (χ4n) is 1.42. The Morgan fingerprint density at radius 2 is 2.38 bits per heavy atom. The minimum atomic E-state index is -0.731. The molecule has 0 radical (unpaired) electrons. The second kappa shape index (κ2) is 6.37. The summed E-state index contributed by atoms with van der Waals surface area (Å²) in [7, 11) is 1.96. The number of hydrogen-bond donors (Lipinski definition) is 1. The second-order valence-corrected chi connectivity index (χ2v) is 5.89. The molecule has 3 nitrogen and oxygen atoms in total. The average molecular weight is 306 g/mol. The molecule has 0 saturated heterocycles. The van der Waals surface area contributed by atoms with Crippen LogP contribution in [-0.2, 0) is 11.2 Å². The molecule has 16 heavy (non-hydrogen) atoms. The van der Waals surface area contributed by atoms with Crippen molar-refractivity contribution in [2.45, 2.75) is 13.3 Å². The van der Waals surface area contributed by atoms with Crippen LogP contribution in [0.3, 0.4) is 0 Å². The smallest absolute Gasteiger partial charge is 0.307 e. The molecule has 0 aliphatic rings. The number of halogens is 1. The van der Waals surface area contributed by atoms with E-state index >= 15 is 0 Å². The summed E-state index contributed by atoms with van der Waals surface area (Å²) < 4.78 is 1.12. The van der Waals surface area contributed by atoms with Gasteiger partial charge < -0.3 is 10.0 Å². The minimum absolute atomic E-state index is 0.305. The average Bonchev–Trinajstić information content (AvgIpc) is 2.61. The Kier molecular flexibility index (Phi) is 5.44. The van der Waals surface area contributed by atoms with Gasteiger partial charge in [-0.3, -0.25) is 4.79 Å². The van der Waals surface area contributed by atoms with Gasteiger partial charge in [0.2, 0.25) is 0 Å². The molecule has 1 rings (SSSR count). The zero-order valence-corrected chi connectivity index (χ0v) is 11.8. The third-order valence-electron chi connectivity index (χ3n) is 2.37. The molecule has 1 N–H and O–H groups in total. The summed E-state index contributed by atoms with van der Waals surface area (Å²) in [5, 5.41) is 10.9. The van der Waals surface area contributed by atoms with Gasteiger partial charge in [-0.1, -0.05) is 6.92 Å². The minimum Gasteiger partial charge on any atom is -0.481 e. The fourth-order valence-corrected chi connectivity index (χ4v) is 2.87. The Morgan fingerprint density at radius 1 is 1.69 bits per heavy atom. The number of rotatable bonds is 6.